The zero-order valence-electron chi connectivity index (χ0n) is 13.5. The second kappa shape index (κ2) is 6.39. The Labute approximate surface area is 146 Å². The van der Waals surface area contributed by atoms with E-state index in [9.17, 15) is 9.90 Å². The minimum absolute atomic E-state index is 0.0391. The predicted octanol–water partition coefficient (Wildman–Crippen LogP) is 2.49. The van der Waals surface area contributed by atoms with Crippen LogP contribution >= 0.6 is 11.6 Å². The molecule has 128 valence electrons. The van der Waals surface area contributed by atoms with E-state index in [1.807, 2.05) is 29.2 Å². The van der Waals surface area contributed by atoms with Crippen molar-refractivity contribution >= 4 is 28.4 Å². The number of piperazine rings is 1. The van der Waals surface area contributed by atoms with Crippen molar-refractivity contribution in [2.45, 2.75) is 31.4 Å². The van der Waals surface area contributed by atoms with Crippen molar-refractivity contribution in [1.82, 2.24) is 14.8 Å². The molecule has 1 amide bonds. The largest absolute Gasteiger partial charge is 0.391 e. The third-order valence-electron chi connectivity index (χ3n) is 5.37. The number of aromatic nitrogens is 1. The number of halogens is 1. The molecule has 5 nitrogen and oxygen atoms in total. The zero-order valence-corrected chi connectivity index (χ0v) is 14.3. The molecule has 1 aliphatic heterocycles. The van der Waals surface area contributed by atoms with Gasteiger partial charge in [-0.15, -0.1) is 0 Å². The van der Waals surface area contributed by atoms with E-state index in [1.165, 1.54) is 0 Å². The van der Waals surface area contributed by atoms with Gasteiger partial charge in [0, 0.05) is 43.1 Å². The van der Waals surface area contributed by atoms with Crippen LogP contribution in [0.3, 0.4) is 0 Å². The number of nitrogens with zero attached hydrogens (tertiary/aromatic N) is 2. The second-order valence-corrected chi connectivity index (χ2v) is 7.13. The molecular weight excluding hydrogens is 326 g/mol. The highest BCUT2D eigenvalue weighted by Crippen LogP contribution is 2.29. The van der Waals surface area contributed by atoms with Crippen LogP contribution in [0.5, 0.6) is 0 Å². The molecule has 0 spiro atoms. The van der Waals surface area contributed by atoms with Crippen LogP contribution in [0, 0.1) is 0 Å². The number of H-pyrrole nitrogens is 1. The standard InChI is InChI=1S/C18H22ClN3O2/c19-16-12-4-1-2-5-13(12)20-17(16)18(24)22-10-8-21(9-11-22)14-6-3-7-15(14)23/h1-2,4-5,14-15,20,23H,3,6-11H2/t14-,15-/m1/s1. The topological polar surface area (TPSA) is 59.6 Å². The van der Waals surface area contributed by atoms with Crippen molar-refractivity contribution in [1.29, 1.82) is 0 Å². The van der Waals surface area contributed by atoms with Crippen molar-refractivity contribution < 1.29 is 9.90 Å². The summed E-state index contributed by atoms with van der Waals surface area (Å²) in [6.45, 7) is 2.97. The van der Waals surface area contributed by atoms with Crippen molar-refractivity contribution in [2.24, 2.45) is 0 Å². The minimum Gasteiger partial charge on any atom is -0.391 e. The third-order valence-corrected chi connectivity index (χ3v) is 5.76. The van der Waals surface area contributed by atoms with Gasteiger partial charge >= 0.3 is 0 Å². The Bertz CT molecular complexity index is 752. The normalized spacial score (nSPS) is 25.5. The van der Waals surface area contributed by atoms with Gasteiger partial charge in [-0.2, -0.15) is 0 Å². The maximum Gasteiger partial charge on any atom is 0.271 e. The molecule has 6 heteroatoms. The number of carbonyl (C=O) groups is 1. The number of para-hydroxylation sites is 1. The number of aliphatic hydroxyl groups excluding tert-OH is 1. The van der Waals surface area contributed by atoms with E-state index in [0.717, 1.165) is 43.3 Å². The summed E-state index contributed by atoms with van der Waals surface area (Å²) in [5.41, 5.74) is 1.37. The summed E-state index contributed by atoms with van der Waals surface area (Å²) >= 11 is 6.40. The zero-order chi connectivity index (χ0) is 16.7. The molecule has 1 saturated carbocycles. The van der Waals surface area contributed by atoms with Gasteiger partial charge in [-0.05, 0) is 25.3 Å². The summed E-state index contributed by atoms with van der Waals surface area (Å²) in [4.78, 5) is 20.2. The lowest BCUT2D eigenvalue weighted by molar-refractivity contribution is 0.0313. The number of aromatic amines is 1. The molecule has 1 aliphatic carbocycles. The molecule has 2 fully saturated rings. The first kappa shape index (κ1) is 15.9. The summed E-state index contributed by atoms with van der Waals surface area (Å²) in [6, 6.07) is 7.96. The first-order valence-corrected chi connectivity index (χ1v) is 9.00. The second-order valence-electron chi connectivity index (χ2n) is 6.75. The summed E-state index contributed by atoms with van der Waals surface area (Å²) in [5, 5.41) is 11.5. The number of hydrogen-bond acceptors (Lipinski definition) is 3. The minimum atomic E-state index is -0.213. The molecule has 24 heavy (non-hydrogen) atoms. The molecular formula is C18H22ClN3O2. The fourth-order valence-corrected chi connectivity index (χ4v) is 4.31. The molecule has 1 aromatic carbocycles. The average Bonchev–Trinajstić information content (AvgIpc) is 3.18. The van der Waals surface area contributed by atoms with E-state index in [0.29, 0.717) is 23.8 Å². The lowest BCUT2D eigenvalue weighted by Gasteiger charge is -2.39. The van der Waals surface area contributed by atoms with Crippen LogP contribution in [0.2, 0.25) is 5.02 Å². The van der Waals surface area contributed by atoms with Crippen molar-refractivity contribution in [3.63, 3.8) is 0 Å². The molecule has 2 aliphatic rings. The molecule has 4 rings (SSSR count). The fraction of sp³-hybridized carbons (Fsp3) is 0.500. The highest BCUT2D eigenvalue weighted by atomic mass is 35.5. The van der Waals surface area contributed by atoms with Crippen LogP contribution in [0.4, 0.5) is 0 Å². The van der Waals surface area contributed by atoms with Crippen LogP contribution in [0.25, 0.3) is 10.9 Å². The van der Waals surface area contributed by atoms with Gasteiger partial charge in [-0.1, -0.05) is 29.8 Å². The van der Waals surface area contributed by atoms with Gasteiger partial charge in [0.2, 0.25) is 0 Å². The van der Waals surface area contributed by atoms with Crippen molar-refractivity contribution in [3.8, 4) is 0 Å². The molecule has 0 unspecified atom stereocenters. The number of nitrogens with one attached hydrogen (secondary N) is 1. The number of carbonyl (C=O) groups excluding carboxylic acids is 1. The molecule has 2 aromatic rings. The molecule has 2 heterocycles. The number of rotatable bonds is 2. The molecule has 2 N–H and O–H groups in total. The molecule has 0 radical (unpaired) electrons. The molecule has 1 aromatic heterocycles. The molecule has 1 saturated heterocycles. The average molecular weight is 348 g/mol. The van der Waals surface area contributed by atoms with Gasteiger partial charge < -0.3 is 15.0 Å². The Kier molecular flexibility index (Phi) is 4.24. The summed E-state index contributed by atoms with van der Waals surface area (Å²) < 4.78 is 0. The number of benzene rings is 1. The van der Waals surface area contributed by atoms with E-state index >= 15 is 0 Å². The van der Waals surface area contributed by atoms with Crippen LogP contribution in [0.1, 0.15) is 29.8 Å². The quantitative estimate of drug-likeness (QED) is 0.877. The molecule has 2 atom stereocenters. The van der Waals surface area contributed by atoms with Gasteiger partial charge in [0.05, 0.1) is 11.1 Å². The highest BCUT2D eigenvalue weighted by Gasteiger charge is 2.34. The van der Waals surface area contributed by atoms with Crippen molar-refractivity contribution in [2.75, 3.05) is 26.2 Å². The first-order chi connectivity index (χ1) is 11.6. The number of fused-ring (bicyclic) bond motifs is 1. The van der Waals surface area contributed by atoms with E-state index in [4.69, 9.17) is 11.6 Å². The fourth-order valence-electron chi connectivity index (χ4n) is 4.02. The van der Waals surface area contributed by atoms with E-state index in [-0.39, 0.29) is 18.1 Å². The number of aliphatic hydroxyl groups is 1. The predicted molar refractivity (Wildman–Crippen MR) is 94.4 cm³/mol. The Morgan fingerprint density at radius 1 is 1.17 bits per heavy atom. The first-order valence-electron chi connectivity index (χ1n) is 8.63. The van der Waals surface area contributed by atoms with Crippen LogP contribution in [-0.2, 0) is 0 Å². The summed E-state index contributed by atoms with van der Waals surface area (Å²) in [6.07, 6.45) is 2.84. The van der Waals surface area contributed by atoms with Crippen molar-refractivity contribution in [3.05, 3.63) is 35.0 Å². The number of amides is 1. The monoisotopic (exact) mass is 347 g/mol. The van der Waals surface area contributed by atoms with Gasteiger partial charge in [0.25, 0.3) is 5.91 Å². The van der Waals surface area contributed by atoms with Gasteiger partial charge in [-0.3, -0.25) is 9.69 Å². The summed E-state index contributed by atoms with van der Waals surface area (Å²) in [7, 11) is 0. The Hall–Kier alpha value is -1.56. The maximum atomic E-state index is 12.8. The number of hydrogen-bond donors (Lipinski definition) is 2. The Balaban J connectivity index is 1.47. The van der Waals surface area contributed by atoms with Gasteiger partial charge in [-0.25, -0.2) is 0 Å². The summed E-state index contributed by atoms with van der Waals surface area (Å²) in [5.74, 6) is -0.0391. The molecule has 0 bridgehead atoms. The SMILES string of the molecule is O=C(c1[nH]c2ccccc2c1Cl)N1CCN([C@@H]2CCC[C@H]2O)CC1. The van der Waals surface area contributed by atoms with Crippen LogP contribution in [-0.4, -0.2) is 64.1 Å². The smallest absolute Gasteiger partial charge is 0.271 e. The Morgan fingerprint density at radius 3 is 2.58 bits per heavy atom. The maximum absolute atomic E-state index is 12.8. The van der Waals surface area contributed by atoms with E-state index in [2.05, 4.69) is 9.88 Å². The van der Waals surface area contributed by atoms with E-state index < -0.39 is 0 Å². The lowest BCUT2D eigenvalue weighted by atomic mass is 10.1. The van der Waals surface area contributed by atoms with Crippen LogP contribution in [0.15, 0.2) is 24.3 Å². The van der Waals surface area contributed by atoms with Gasteiger partial charge in [0.15, 0.2) is 0 Å². The van der Waals surface area contributed by atoms with Crippen LogP contribution < -0.4 is 0 Å². The Morgan fingerprint density at radius 2 is 1.92 bits per heavy atom. The lowest BCUT2D eigenvalue weighted by Crippen LogP contribution is -2.53. The highest BCUT2D eigenvalue weighted by molar-refractivity contribution is 6.38. The third kappa shape index (κ3) is 2.70. The van der Waals surface area contributed by atoms with Gasteiger partial charge in [0.1, 0.15) is 5.69 Å². The van der Waals surface area contributed by atoms with E-state index in [1.54, 1.807) is 0 Å².